The van der Waals surface area contributed by atoms with E-state index in [-0.39, 0.29) is 16.6 Å². The van der Waals surface area contributed by atoms with Crippen LogP contribution in [0.3, 0.4) is 0 Å². The minimum Gasteiger partial charge on any atom is -0.368 e. The number of halogens is 1. The lowest BCUT2D eigenvalue weighted by molar-refractivity contribution is -0.121. The zero-order chi connectivity index (χ0) is 14.4. The van der Waals surface area contributed by atoms with Crippen molar-refractivity contribution in [1.29, 1.82) is 0 Å². The molecule has 1 unspecified atom stereocenters. The van der Waals surface area contributed by atoms with Crippen LogP contribution in [-0.4, -0.2) is 41.0 Å². The molecular weight excluding hydrogens is 292 g/mol. The molecule has 1 aliphatic heterocycles. The topological polar surface area (TPSA) is 98.3 Å². The maximum Gasteiger partial charge on any atom is 0.248 e. The van der Waals surface area contributed by atoms with Crippen LogP contribution in [0.1, 0.15) is 18.5 Å². The smallest absolute Gasteiger partial charge is 0.248 e. The molecule has 19 heavy (non-hydrogen) atoms. The second-order valence-corrected chi connectivity index (χ2v) is 6.69. The standard InChI is InChI=1S/C10H15ClN4O3S/c1-6-8(9(11)14(2)13-6)19(17,18)15-5-3-4-7(15)10(12)16/h7H,3-5H2,1-2H3,(H2,12,16). The first-order valence-corrected chi connectivity index (χ1v) is 7.59. The van der Waals surface area contributed by atoms with Crippen LogP contribution in [0.15, 0.2) is 4.90 Å². The molecule has 0 radical (unpaired) electrons. The third-order valence-corrected chi connectivity index (χ3v) is 5.80. The van der Waals surface area contributed by atoms with Crippen LogP contribution in [-0.2, 0) is 21.9 Å². The van der Waals surface area contributed by atoms with Crippen molar-refractivity contribution in [2.24, 2.45) is 12.8 Å². The van der Waals surface area contributed by atoms with Gasteiger partial charge in [-0.25, -0.2) is 8.42 Å². The monoisotopic (exact) mass is 306 g/mol. The SMILES string of the molecule is Cc1nn(C)c(Cl)c1S(=O)(=O)N1CCCC1C(N)=O. The van der Waals surface area contributed by atoms with E-state index in [1.807, 2.05) is 0 Å². The van der Waals surface area contributed by atoms with Gasteiger partial charge in [-0.2, -0.15) is 9.40 Å². The number of hydrogen-bond acceptors (Lipinski definition) is 4. The Kier molecular flexibility index (Phi) is 3.59. The lowest BCUT2D eigenvalue weighted by atomic mass is 10.2. The van der Waals surface area contributed by atoms with Gasteiger partial charge in [-0.3, -0.25) is 9.48 Å². The van der Waals surface area contributed by atoms with Gasteiger partial charge < -0.3 is 5.73 Å². The van der Waals surface area contributed by atoms with Crippen molar-refractivity contribution in [2.45, 2.75) is 30.7 Å². The predicted octanol–water partition coefficient (Wildman–Crippen LogP) is 0.0203. The number of aryl methyl sites for hydroxylation is 2. The Hall–Kier alpha value is -1.12. The summed E-state index contributed by atoms with van der Waals surface area (Å²) >= 11 is 5.98. The first-order chi connectivity index (χ1) is 8.76. The minimum absolute atomic E-state index is 0.0348. The van der Waals surface area contributed by atoms with Gasteiger partial charge in [0.25, 0.3) is 0 Å². The molecule has 9 heteroatoms. The number of amides is 1. The van der Waals surface area contributed by atoms with Crippen LogP contribution in [0.25, 0.3) is 0 Å². The molecule has 1 fully saturated rings. The highest BCUT2D eigenvalue weighted by Crippen LogP contribution is 2.31. The van der Waals surface area contributed by atoms with Gasteiger partial charge in [0, 0.05) is 13.6 Å². The summed E-state index contributed by atoms with van der Waals surface area (Å²) in [6, 6.07) is -0.805. The minimum atomic E-state index is -3.86. The second-order valence-electron chi connectivity index (χ2n) is 4.51. The molecule has 1 aromatic heterocycles. The maximum absolute atomic E-state index is 12.6. The van der Waals surface area contributed by atoms with E-state index >= 15 is 0 Å². The third kappa shape index (κ3) is 2.24. The molecule has 0 aromatic carbocycles. The van der Waals surface area contributed by atoms with E-state index in [2.05, 4.69) is 5.10 Å². The summed E-state index contributed by atoms with van der Waals surface area (Å²) in [6.45, 7) is 1.83. The molecule has 2 N–H and O–H groups in total. The van der Waals surface area contributed by atoms with Gasteiger partial charge in [0.15, 0.2) is 0 Å². The third-order valence-electron chi connectivity index (χ3n) is 3.20. The molecule has 0 aliphatic carbocycles. The van der Waals surface area contributed by atoms with Gasteiger partial charge in [0.2, 0.25) is 15.9 Å². The number of carbonyl (C=O) groups excluding carboxylic acids is 1. The zero-order valence-corrected chi connectivity index (χ0v) is 12.2. The molecule has 1 aliphatic rings. The highest BCUT2D eigenvalue weighted by molar-refractivity contribution is 7.89. The van der Waals surface area contributed by atoms with Crippen LogP contribution in [0.5, 0.6) is 0 Å². The molecule has 2 heterocycles. The van der Waals surface area contributed by atoms with Gasteiger partial charge in [-0.15, -0.1) is 0 Å². The van der Waals surface area contributed by atoms with Crippen molar-refractivity contribution < 1.29 is 13.2 Å². The highest BCUT2D eigenvalue weighted by Gasteiger charge is 2.41. The van der Waals surface area contributed by atoms with Gasteiger partial charge in [0.1, 0.15) is 16.1 Å². The number of nitrogens with two attached hydrogens (primary N) is 1. The Morgan fingerprint density at radius 3 is 2.63 bits per heavy atom. The van der Waals surface area contributed by atoms with Crippen LogP contribution in [0, 0.1) is 6.92 Å². The molecule has 1 aromatic rings. The fraction of sp³-hybridized carbons (Fsp3) is 0.600. The van der Waals surface area contributed by atoms with Crippen molar-refractivity contribution in [3.8, 4) is 0 Å². The number of rotatable bonds is 3. The molecular formula is C10H15ClN4O3S. The lowest BCUT2D eigenvalue weighted by Crippen LogP contribution is -2.43. The first-order valence-electron chi connectivity index (χ1n) is 5.77. The molecule has 0 spiro atoms. The predicted molar refractivity (Wildman–Crippen MR) is 69.1 cm³/mol. The van der Waals surface area contributed by atoms with E-state index in [0.29, 0.717) is 18.5 Å². The first kappa shape index (κ1) is 14.3. The molecule has 0 saturated carbocycles. The Labute approximate surface area is 116 Å². The summed E-state index contributed by atoms with van der Waals surface area (Å²) in [5.74, 6) is -0.640. The molecule has 1 saturated heterocycles. The molecule has 2 rings (SSSR count). The Bertz CT molecular complexity index is 625. The van der Waals surface area contributed by atoms with Crippen LogP contribution in [0.4, 0.5) is 0 Å². The van der Waals surface area contributed by atoms with Crippen molar-refractivity contribution in [3.05, 3.63) is 10.8 Å². The van der Waals surface area contributed by atoms with Crippen LogP contribution >= 0.6 is 11.6 Å². The highest BCUT2D eigenvalue weighted by atomic mass is 35.5. The van der Waals surface area contributed by atoms with Gasteiger partial charge in [-0.1, -0.05) is 11.6 Å². The molecule has 106 valence electrons. The lowest BCUT2D eigenvalue weighted by Gasteiger charge is -2.21. The zero-order valence-electron chi connectivity index (χ0n) is 10.6. The Balaban J connectivity index is 2.51. The Morgan fingerprint density at radius 2 is 2.16 bits per heavy atom. The molecule has 1 amide bonds. The largest absolute Gasteiger partial charge is 0.368 e. The summed E-state index contributed by atoms with van der Waals surface area (Å²) in [4.78, 5) is 11.3. The summed E-state index contributed by atoms with van der Waals surface area (Å²) in [5, 5.41) is 4.02. The summed E-state index contributed by atoms with van der Waals surface area (Å²) in [5.41, 5.74) is 5.55. The molecule has 0 bridgehead atoms. The average molecular weight is 307 g/mol. The maximum atomic E-state index is 12.6. The van der Waals surface area contributed by atoms with E-state index in [4.69, 9.17) is 17.3 Å². The van der Waals surface area contributed by atoms with E-state index in [0.717, 1.165) is 4.31 Å². The second kappa shape index (κ2) is 4.77. The van der Waals surface area contributed by atoms with Gasteiger partial charge >= 0.3 is 0 Å². The van der Waals surface area contributed by atoms with E-state index in [1.54, 1.807) is 14.0 Å². The normalized spacial score (nSPS) is 20.9. The van der Waals surface area contributed by atoms with E-state index < -0.39 is 22.0 Å². The number of carbonyl (C=O) groups is 1. The fourth-order valence-electron chi connectivity index (χ4n) is 2.33. The van der Waals surface area contributed by atoms with Crippen LogP contribution < -0.4 is 5.73 Å². The number of hydrogen-bond donors (Lipinski definition) is 1. The number of primary amides is 1. The van der Waals surface area contributed by atoms with Crippen molar-refractivity contribution >= 4 is 27.5 Å². The number of aromatic nitrogens is 2. The Morgan fingerprint density at radius 1 is 1.53 bits per heavy atom. The molecule has 1 atom stereocenters. The number of sulfonamides is 1. The fourth-order valence-corrected chi connectivity index (χ4v) is 4.71. The van der Waals surface area contributed by atoms with Crippen molar-refractivity contribution in [2.75, 3.05) is 6.54 Å². The quantitative estimate of drug-likeness (QED) is 0.851. The van der Waals surface area contributed by atoms with Crippen LogP contribution in [0.2, 0.25) is 5.15 Å². The van der Waals surface area contributed by atoms with Crippen molar-refractivity contribution in [1.82, 2.24) is 14.1 Å². The summed E-state index contributed by atoms with van der Waals surface area (Å²) in [6.07, 6.45) is 1.04. The van der Waals surface area contributed by atoms with E-state index in [9.17, 15) is 13.2 Å². The summed E-state index contributed by atoms with van der Waals surface area (Å²) in [7, 11) is -2.30. The number of nitrogens with zero attached hydrogens (tertiary/aromatic N) is 3. The average Bonchev–Trinajstić information content (AvgIpc) is 2.85. The summed E-state index contributed by atoms with van der Waals surface area (Å²) < 4.78 is 27.6. The molecule has 7 nitrogen and oxygen atoms in total. The van der Waals surface area contributed by atoms with Gasteiger partial charge in [-0.05, 0) is 19.8 Å². The van der Waals surface area contributed by atoms with Crippen molar-refractivity contribution in [3.63, 3.8) is 0 Å². The van der Waals surface area contributed by atoms with Gasteiger partial charge in [0.05, 0.1) is 5.69 Å². The van der Waals surface area contributed by atoms with E-state index in [1.165, 1.54) is 4.68 Å².